The topological polar surface area (TPSA) is 0 Å². The van der Waals surface area contributed by atoms with Gasteiger partial charge < -0.3 is 12.4 Å². The number of hydrogen-bond acceptors (Lipinski definition) is 0. The van der Waals surface area contributed by atoms with E-state index in [1.165, 1.54) is 79.9 Å². The van der Waals surface area contributed by atoms with Gasteiger partial charge in [-0.2, -0.15) is 0 Å². The van der Waals surface area contributed by atoms with Crippen LogP contribution in [0.5, 0.6) is 0 Å². The van der Waals surface area contributed by atoms with E-state index in [0.29, 0.717) is 0 Å². The first-order valence-corrected chi connectivity index (χ1v) is 14.3. The van der Waals surface area contributed by atoms with Gasteiger partial charge in [0, 0.05) is 7.26 Å². The van der Waals surface area contributed by atoms with Gasteiger partial charge in [0.25, 0.3) is 0 Å². The zero-order chi connectivity index (χ0) is 20.9. The van der Waals surface area contributed by atoms with E-state index in [4.69, 9.17) is 0 Å². The van der Waals surface area contributed by atoms with E-state index in [0.717, 1.165) is 0 Å². The molecule has 0 saturated heterocycles. The fraction of sp³-hybridized carbons (Fsp3) is 0.379. The first-order valence-electron chi connectivity index (χ1n) is 11.8. The Bertz CT molecular complexity index is 716. The van der Waals surface area contributed by atoms with Crippen molar-refractivity contribution in [1.29, 1.82) is 0 Å². The molecule has 0 aromatic heterocycles. The minimum Gasteiger partial charge on any atom is -1.00 e. The van der Waals surface area contributed by atoms with Gasteiger partial charge in [0.15, 0.2) is 0 Å². The number of benzene rings is 3. The summed E-state index contributed by atoms with van der Waals surface area (Å²) in [5.41, 5.74) is 4.55. The van der Waals surface area contributed by atoms with Crippen LogP contribution in [-0.4, -0.2) is 6.16 Å². The number of rotatable bonds is 13. The van der Waals surface area contributed by atoms with Crippen LogP contribution in [0.1, 0.15) is 62.1 Å². The van der Waals surface area contributed by atoms with E-state index >= 15 is 0 Å². The van der Waals surface area contributed by atoms with Crippen molar-refractivity contribution in [1.82, 2.24) is 0 Å². The highest BCUT2D eigenvalue weighted by atomic mass is 35.5. The van der Waals surface area contributed by atoms with Crippen molar-refractivity contribution >= 4 is 7.26 Å². The molecule has 0 amide bonds. The lowest BCUT2D eigenvalue weighted by Gasteiger charge is -2.29. The van der Waals surface area contributed by atoms with Gasteiger partial charge in [-0.15, -0.1) is 0 Å². The second kappa shape index (κ2) is 14.4. The Balaban J connectivity index is 0.00000341. The Morgan fingerprint density at radius 3 is 1.23 bits per heavy atom. The van der Waals surface area contributed by atoms with Gasteiger partial charge in [0.1, 0.15) is 0 Å². The van der Waals surface area contributed by atoms with Crippen molar-refractivity contribution < 1.29 is 12.4 Å². The molecule has 0 atom stereocenters. The number of hydrogen-bond donors (Lipinski definition) is 0. The smallest absolute Gasteiger partial charge is 0.0849 e. The van der Waals surface area contributed by atoms with Crippen LogP contribution in [0.2, 0.25) is 0 Å². The zero-order valence-corrected chi connectivity index (χ0v) is 20.7. The molecule has 0 N–H and O–H groups in total. The molecule has 0 aliphatic rings. The van der Waals surface area contributed by atoms with E-state index in [1.807, 2.05) is 0 Å². The van der Waals surface area contributed by atoms with Gasteiger partial charge in [-0.05, 0) is 29.5 Å². The first kappa shape index (κ1) is 25.6. The molecule has 0 spiro atoms. The summed E-state index contributed by atoms with van der Waals surface area (Å²) in [6.07, 6.45) is 13.5. The normalized spacial score (nSPS) is 11.1. The molecule has 3 aromatic carbocycles. The van der Waals surface area contributed by atoms with Gasteiger partial charge in [-0.25, -0.2) is 0 Å². The zero-order valence-electron chi connectivity index (χ0n) is 19.1. The molecular formula is C29H38ClP. The average molecular weight is 453 g/mol. The maximum atomic E-state index is 2.34. The largest absolute Gasteiger partial charge is 1.00 e. The molecule has 0 unspecified atom stereocenters. The second-order valence-electron chi connectivity index (χ2n) is 8.76. The Kier molecular flexibility index (Phi) is 11.9. The Labute approximate surface area is 197 Å². The van der Waals surface area contributed by atoms with Gasteiger partial charge in [0.2, 0.25) is 0 Å². The second-order valence-corrected chi connectivity index (χ2v) is 12.8. The Hall–Kier alpha value is -1.62. The third-order valence-corrected chi connectivity index (χ3v) is 10.4. The highest BCUT2D eigenvalue weighted by molar-refractivity contribution is 7.73. The standard InChI is InChI=1S/C29H38P.ClH/c1-2-3-4-5-6-16-23-30(24-27-17-10-7-11-18-27,25-28-19-12-8-13-20-28)26-29-21-14-9-15-22-29;/h7-15,17-22H,2-6,16,23-26H2,1H3;1H/q+1;/p-1. The van der Waals surface area contributed by atoms with Crippen LogP contribution in [0.3, 0.4) is 0 Å². The molecule has 0 aliphatic carbocycles. The van der Waals surface area contributed by atoms with Crippen molar-refractivity contribution in [2.75, 3.05) is 6.16 Å². The Morgan fingerprint density at radius 1 is 0.484 bits per heavy atom. The van der Waals surface area contributed by atoms with E-state index < -0.39 is 7.26 Å². The molecule has 31 heavy (non-hydrogen) atoms. The summed E-state index contributed by atoms with van der Waals surface area (Å²) in [4.78, 5) is 0. The minimum atomic E-state index is -1.22. The van der Waals surface area contributed by atoms with Gasteiger partial charge in [-0.1, -0.05) is 124 Å². The van der Waals surface area contributed by atoms with Crippen LogP contribution in [0.25, 0.3) is 0 Å². The molecule has 0 bridgehead atoms. The molecule has 0 fully saturated rings. The summed E-state index contributed by atoms with van der Waals surface area (Å²) in [6.45, 7) is 2.30. The summed E-state index contributed by atoms with van der Waals surface area (Å²) in [5.74, 6) is 0. The third-order valence-electron chi connectivity index (χ3n) is 6.07. The number of halogens is 1. The van der Waals surface area contributed by atoms with Crippen LogP contribution < -0.4 is 12.4 Å². The molecule has 0 radical (unpaired) electrons. The average Bonchev–Trinajstić information content (AvgIpc) is 2.78. The summed E-state index contributed by atoms with van der Waals surface area (Å²) < 4.78 is 0. The summed E-state index contributed by atoms with van der Waals surface area (Å²) in [7, 11) is -1.22. The van der Waals surface area contributed by atoms with E-state index in [9.17, 15) is 0 Å². The minimum absolute atomic E-state index is 0. The van der Waals surface area contributed by atoms with Gasteiger partial charge in [0.05, 0.1) is 24.6 Å². The van der Waals surface area contributed by atoms with E-state index in [2.05, 4.69) is 97.9 Å². The van der Waals surface area contributed by atoms with Crippen LogP contribution in [0, 0.1) is 0 Å². The van der Waals surface area contributed by atoms with E-state index in [-0.39, 0.29) is 12.4 Å². The molecule has 0 heterocycles. The molecule has 0 nitrogen and oxygen atoms in total. The number of unbranched alkanes of at least 4 members (excludes halogenated alkanes) is 5. The molecule has 3 aromatic rings. The fourth-order valence-corrected chi connectivity index (χ4v) is 9.20. The van der Waals surface area contributed by atoms with Crippen LogP contribution >= 0.6 is 7.26 Å². The summed E-state index contributed by atoms with van der Waals surface area (Å²) in [5, 5.41) is 0. The lowest BCUT2D eigenvalue weighted by molar-refractivity contribution is -0.00000640. The Morgan fingerprint density at radius 2 is 0.839 bits per heavy atom. The summed E-state index contributed by atoms with van der Waals surface area (Å²) in [6, 6.07) is 33.7. The molecule has 0 saturated carbocycles. The lowest BCUT2D eigenvalue weighted by Crippen LogP contribution is -3.00. The predicted molar refractivity (Wildman–Crippen MR) is 136 cm³/mol. The summed E-state index contributed by atoms with van der Waals surface area (Å²) >= 11 is 0. The lowest BCUT2D eigenvalue weighted by atomic mass is 10.1. The highest BCUT2D eigenvalue weighted by Crippen LogP contribution is 2.67. The molecule has 3 rings (SSSR count). The molecule has 166 valence electrons. The van der Waals surface area contributed by atoms with Gasteiger partial charge in [-0.3, -0.25) is 0 Å². The van der Waals surface area contributed by atoms with Crippen molar-refractivity contribution in [2.24, 2.45) is 0 Å². The molecule has 0 aliphatic heterocycles. The molecular weight excluding hydrogens is 415 g/mol. The van der Waals surface area contributed by atoms with Crippen molar-refractivity contribution in [3.05, 3.63) is 108 Å². The van der Waals surface area contributed by atoms with Crippen molar-refractivity contribution in [3.8, 4) is 0 Å². The third kappa shape index (κ3) is 9.18. The molecule has 2 heteroatoms. The van der Waals surface area contributed by atoms with Crippen molar-refractivity contribution in [3.63, 3.8) is 0 Å². The first-order chi connectivity index (χ1) is 14.8. The van der Waals surface area contributed by atoms with Crippen LogP contribution in [0.4, 0.5) is 0 Å². The SMILES string of the molecule is CCCCCCCC[P+](Cc1ccccc1)(Cc1ccccc1)Cc1ccccc1.[Cl-]. The highest BCUT2D eigenvalue weighted by Gasteiger charge is 2.37. The monoisotopic (exact) mass is 452 g/mol. The maximum absolute atomic E-state index is 2.34. The maximum Gasteiger partial charge on any atom is 0.0849 e. The predicted octanol–water partition coefficient (Wildman–Crippen LogP) is 5.97. The fourth-order valence-electron chi connectivity index (χ4n) is 4.54. The quantitative estimate of drug-likeness (QED) is 0.221. The van der Waals surface area contributed by atoms with Crippen molar-refractivity contribution in [2.45, 2.75) is 63.9 Å². The van der Waals surface area contributed by atoms with E-state index in [1.54, 1.807) is 0 Å². The van der Waals surface area contributed by atoms with Crippen LogP contribution in [0.15, 0.2) is 91.0 Å². The van der Waals surface area contributed by atoms with Gasteiger partial charge >= 0.3 is 0 Å². The van der Waals surface area contributed by atoms with Crippen LogP contribution in [-0.2, 0) is 18.5 Å².